The van der Waals surface area contributed by atoms with E-state index >= 15 is 0 Å². The zero-order valence-electron chi connectivity index (χ0n) is 18.1. The van der Waals surface area contributed by atoms with Crippen molar-refractivity contribution in [3.8, 4) is 0 Å². The minimum atomic E-state index is -1.07. The lowest BCUT2D eigenvalue weighted by atomic mass is 9.96. The predicted molar refractivity (Wildman–Crippen MR) is 109 cm³/mol. The van der Waals surface area contributed by atoms with Gasteiger partial charge in [-0.3, -0.25) is 24.5 Å². The molecule has 2 N–H and O–H groups in total. The number of carbonyl (C=O) groups excluding carboxylic acids is 3. The van der Waals surface area contributed by atoms with Crippen LogP contribution in [-0.4, -0.2) is 77.4 Å². The summed E-state index contributed by atoms with van der Waals surface area (Å²) >= 11 is 0. The van der Waals surface area contributed by atoms with E-state index in [4.69, 9.17) is 10.5 Å². The summed E-state index contributed by atoms with van der Waals surface area (Å²) < 4.78 is 5.63. The van der Waals surface area contributed by atoms with Gasteiger partial charge in [0, 0.05) is 38.3 Å². The number of primary amides is 1. The van der Waals surface area contributed by atoms with Crippen molar-refractivity contribution in [2.24, 2.45) is 5.73 Å². The van der Waals surface area contributed by atoms with Crippen LogP contribution < -0.4 is 5.73 Å². The van der Waals surface area contributed by atoms with Crippen molar-refractivity contribution >= 4 is 17.7 Å². The van der Waals surface area contributed by atoms with E-state index in [9.17, 15) is 24.5 Å². The van der Waals surface area contributed by atoms with Crippen LogP contribution in [-0.2, 0) is 19.1 Å². The summed E-state index contributed by atoms with van der Waals surface area (Å²) in [5, 5.41) is 10.8. The number of likely N-dealkylation sites (N-methyl/N-ethyl adjacent to an activating group) is 2. The Balaban J connectivity index is 5.62. The van der Waals surface area contributed by atoms with Crippen molar-refractivity contribution in [3.05, 3.63) is 22.8 Å². The van der Waals surface area contributed by atoms with Crippen LogP contribution in [0.1, 0.15) is 46.5 Å². The maximum atomic E-state index is 13.1. The summed E-state index contributed by atoms with van der Waals surface area (Å²) in [5.41, 5.74) is 4.74. The standard InChI is InChI=1S/C19H34N4O6/c1-7-9-16(24)21(5)14(10-11-23(27)28)18(26)22(6)15(17(20)25)13-19(3,4)29-12-8-2/h8,14-15H,2,7,9-13H2,1,3-6H3,(H2,20,25)/t14-,15+/m1/s1. The van der Waals surface area contributed by atoms with Gasteiger partial charge in [0.1, 0.15) is 12.1 Å². The van der Waals surface area contributed by atoms with E-state index < -0.39 is 41.0 Å². The fourth-order valence-electron chi connectivity index (χ4n) is 2.90. The molecule has 3 amide bonds. The predicted octanol–water partition coefficient (Wildman–Crippen LogP) is 0.964. The monoisotopic (exact) mass is 414 g/mol. The smallest absolute Gasteiger partial charge is 0.246 e. The Hall–Kier alpha value is -2.49. The number of nitrogens with two attached hydrogens (primary N) is 1. The Bertz CT molecular complexity index is 608. The minimum absolute atomic E-state index is 0.118. The topological polar surface area (TPSA) is 136 Å². The zero-order chi connectivity index (χ0) is 22.8. The molecule has 0 fully saturated rings. The second-order valence-corrected chi connectivity index (χ2v) is 7.55. The highest BCUT2D eigenvalue weighted by atomic mass is 16.6. The van der Waals surface area contributed by atoms with Crippen molar-refractivity contribution in [1.82, 2.24) is 9.80 Å². The fourth-order valence-corrected chi connectivity index (χ4v) is 2.90. The number of nitro groups is 1. The minimum Gasteiger partial charge on any atom is -0.371 e. The van der Waals surface area contributed by atoms with Gasteiger partial charge in [0.25, 0.3) is 0 Å². The highest BCUT2D eigenvalue weighted by molar-refractivity contribution is 5.91. The van der Waals surface area contributed by atoms with E-state index in [1.165, 1.54) is 19.0 Å². The van der Waals surface area contributed by atoms with Crippen molar-refractivity contribution in [3.63, 3.8) is 0 Å². The zero-order valence-corrected chi connectivity index (χ0v) is 18.1. The van der Waals surface area contributed by atoms with E-state index in [-0.39, 0.29) is 31.8 Å². The molecular formula is C19H34N4O6. The van der Waals surface area contributed by atoms with Gasteiger partial charge in [0.05, 0.1) is 12.2 Å². The van der Waals surface area contributed by atoms with E-state index in [1.54, 1.807) is 19.9 Å². The first kappa shape index (κ1) is 26.5. The normalized spacial score (nSPS) is 13.3. The molecular weight excluding hydrogens is 380 g/mol. The van der Waals surface area contributed by atoms with Crippen LogP contribution in [0.2, 0.25) is 0 Å². The van der Waals surface area contributed by atoms with Gasteiger partial charge in [-0.15, -0.1) is 6.58 Å². The van der Waals surface area contributed by atoms with Gasteiger partial charge in [-0.05, 0) is 20.3 Å². The Kier molecular flexibility index (Phi) is 11.1. The highest BCUT2D eigenvalue weighted by Crippen LogP contribution is 2.21. The molecule has 0 spiro atoms. The van der Waals surface area contributed by atoms with Crippen molar-refractivity contribution < 1.29 is 24.0 Å². The van der Waals surface area contributed by atoms with Crippen LogP contribution in [0.3, 0.4) is 0 Å². The van der Waals surface area contributed by atoms with Crippen LogP contribution >= 0.6 is 0 Å². The molecule has 0 aliphatic heterocycles. The lowest BCUT2D eigenvalue weighted by molar-refractivity contribution is -0.481. The summed E-state index contributed by atoms with van der Waals surface area (Å²) in [6.07, 6.45) is 2.31. The Morgan fingerprint density at radius 2 is 1.83 bits per heavy atom. The number of carbonyl (C=O) groups is 3. The quantitative estimate of drug-likeness (QED) is 0.255. The molecule has 0 aliphatic rings. The number of amides is 3. The van der Waals surface area contributed by atoms with Crippen LogP contribution in [0, 0.1) is 10.1 Å². The van der Waals surface area contributed by atoms with Crippen LogP contribution in [0.4, 0.5) is 0 Å². The average molecular weight is 415 g/mol. The summed E-state index contributed by atoms with van der Waals surface area (Å²) in [4.78, 5) is 50.1. The first-order valence-electron chi connectivity index (χ1n) is 9.56. The molecule has 0 aliphatic carbocycles. The summed E-state index contributed by atoms with van der Waals surface area (Å²) in [6, 6.07) is -2.07. The average Bonchev–Trinajstić information content (AvgIpc) is 2.63. The number of rotatable bonds is 14. The third kappa shape index (κ3) is 9.03. The molecule has 0 aromatic rings. The Morgan fingerprint density at radius 3 is 2.28 bits per heavy atom. The van der Waals surface area contributed by atoms with Crippen molar-refractivity contribution in [1.29, 1.82) is 0 Å². The lowest BCUT2D eigenvalue weighted by Crippen LogP contribution is -2.56. The van der Waals surface area contributed by atoms with Crippen molar-refractivity contribution in [2.75, 3.05) is 27.2 Å². The van der Waals surface area contributed by atoms with E-state index in [1.807, 2.05) is 6.92 Å². The highest BCUT2D eigenvalue weighted by Gasteiger charge is 2.37. The van der Waals surface area contributed by atoms with Crippen LogP contribution in [0.25, 0.3) is 0 Å². The first-order valence-corrected chi connectivity index (χ1v) is 9.56. The van der Waals surface area contributed by atoms with Gasteiger partial charge in [-0.25, -0.2) is 0 Å². The van der Waals surface area contributed by atoms with Crippen molar-refractivity contribution in [2.45, 2.75) is 64.1 Å². The SMILES string of the molecule is C=CCOC(C)(C)C[C@@H](C(N)=O)N(C)C(=O)[C@@H](CC[N+](=O)[O-])N(C)C(=O)CCC. The number of nitrogens with zero attached hydrogens (tertiary/aromatic N) is 3. The molecule has 10 nitrogen and oxygen atoms in total. The molecule has 0 radical (unpaired) electrons. The third-order valence-corrected chi connectivity index (χ3v) is 4.62. The van der Waals surface area contributed by atoms with Gasteiger partial charge < -0.3 is 20.3 Å². The number of hydrogen-bond acceptors (Lipinski definition) is 6. The fraction of sp³-hybridized carbons (Fsp3) is 0.737. The molecule has 0 bridgehead atoms. The molecule has 0 heterocycles. The lowest BCUT2D eigenvalue weighted by Gasteiger charge is -2.36. The van der Waals surface area contributed by atoms with Gasteiger partial charge >= 0.3 is 0 Å². The van der Waals surface area contributed by atoms with Crippen LogP contribution in [0.15, 0.2) is 12.7 Å². The summed E-state index contributed by atoms with van der Waals surface area (Å²) in [7, 11) is 2.84. The van der Waals surface area contributed by atoms with Gasteiger partial charge in [0.15, 0.2) is 0 Å². The molecule has 0 rings (SSSR count). The maximum absolute atomic E-state index is 13.1. The largest absolute Gasteiger partial charge is 0.371 e. The molecule has 2 atom stereocenters. The second kappa shape index (κ2) is 12.2. The molecule has 0 saturated heterocycles. The van der Waals surface area contributed by atoms with Gasteiger partial charge in [-0.1, -0.05) is 13.0 Å². The van der Waals surface area contributed by atoms with Gasteiger partial charge in [0.2, 0.25) is 24.3 Å². The molecule has 0 aromatic carbocycles. The van der Waals surface area contributed by atoms with E-state index in [0.29, 0.717) is 6.42 Å². The summed E-state index contributed by atoms with van der Waals surface area (Å²) in [6.45, 7) is 8.68. The molecule has 166 valence electrons. The van der Waals surface area contributed by atoms with Crippen LogP contribution in [0.5, 0.6) is 0 Å². The Labute approximate surface area is 172 Å². The molecule has 29 heavy (non-hydrogen) atoms. The van der Waals surface area contributed by atoms with Gasteiger partial charge in [-0.2, -0.15) is 0 Å². The number of ether oxygens (including phenoxy) is 1. The molecule has 10 heteroatoms. The first-order chi connectivity index (χ1) is 13.4. The second-order valence-electron chi connectivity index (χ2n) is 7.55. The molecule has 0 aromatic heterocycles. The Morgan fingerprint density at radius 1 is 1.24 bits per heavy atom. The number of hydrogen-bond donors (Lipinski definition) is 1. The van der Waals surface area contributed by atoms with E-state index in [2.05, 4.69) is 6.58 Å². The molecule has 0 unspecified atom stereocenters. The molecule has 0 saturated carbocycles. The maximum Gasteiger partial charge on any atom is 0.246 e. The third-order valence-electron chi connectivity index (χ3n) is 4.62. The van der Waals surface area contributed by atoms with E-state index in [0.717, 1.165) is 4.90 Å². The summed E-state index contributed by atoms with van der Waals surface area (Å²) in [5.74, 6) is -1.61.